The van der Waals surface area contributed by atoms with Gasteiger partial charge in [-0.2, -0.15) is 0 Å². The molecule has 1 saturated heterocycles. The van der Waals surface area contributed by atoms with Crippen molar-refractivity contribution in [2.24, 2.45) is 17.8 Å². The van der Waals surface area contributed by atoms with Gasteiger partial charge >= 0.3 is 0 Å². The Morgan fingerprint density at radius 3 is 2.44 bits per heavy atom. The van der Waals surface area contributed by atoms with Crippen LogP contribution in [0.25, 0.3) is 0 Å². The van der Waals surface area contributed by atoms with Crippen molar-refractivity contribution >= 4 is 5.91 Å². The lowest BCUT2D eigenvalue weighted by atomic mass is 9.79. The molecular weight excluding hydrogens is 334 g/mol. The first-order valence-electron chi connectivity index (χ1n) is 11.4. The van der Waals surface area contributed by atoms with Crippen molar-refractivity contribution in [3.63, 3.8) is 0 Å². The van der Waals surface area contributed by atoms with Crippen molar-refractivity contribution < 1.29 is 4.79 Å². The summed E-state index contributed by atoms with van der Waals surface area (Å²) in [4.78, 5) is 19.6. The summed E-state index contributed by atoms with van der Waals surface area (Å²) >= 11 is 0. The van der Waals surface area contributed by atoms with Crippen molar-refractivity contribution in [1.29, 1.82) is 0 Å². The Balaban J connectivity index is 1.42. The van der Waals surface area contributed by atoms with Gasteiger partial charge in [0.1, 0.15) is 5.82 Å². The molecule has 1 aliphatic heterocycles. The molecule has 0 bridgehead atoms. The van der Waals surface area contributed by atoms with E-state index in [1.54, 1.807) is 0 Å². The molecule has 27 heavy (non-hydrogen) atoms. The van der Waals surface area contributed by atoms with Crippen LogP contribution in [0.2, 0.25) is 0 Å². The van der Waals surface area contributed by atoms with Gasteiger partial charge in [-0.15, -0.1) is 0 Å². The molecule has 3 rings (SSSR count). The lowest BCUT2D eigenvalue weighted by Crippen LogP contribution is -2.43. The van der Waals surface area contributed by atoms with Crippen LogP contribution in [0.15, 0.2) is 12.4 Å². The molecule has 2 heterocycles. The lowest BCUT2D eigenvalue weighted by Gasteiger charge is -2.36. The van der Waals surface area contributed by atoms with Crippen LogP contribution in [-0.4, -0.2) is 33.4 Å². The molecule has 0 spiro atoms. The fourth-order valence-corrected chi connectivity index (χ4v) is 5.04. The van der Waals surface area contributed by atoms with Gasteiger partial charge in [0, 0.05) is 43.9 Å². The maximum absolute atomic E-state index is 13.0. The van der Waals surface area contributed by atoms with E-state index in [-0.39, 0.29) is 0 Å². The average Bonchev–Trinajstić information content (AvgIpc) is 3.15. The van der Waals surface area contributed by atoms with Gasteiger partial charge in [-0.1, -0.05) is 40.0 Å². The third-order valence-corrected chi connectivity index (χ3v) is 6.81. The quantitative estimate of drug-likeness (QED) is 0.655. The summed E-state index contributed by atoms with van der Waals surface area (Å²) in [6.07, 6.45) is 15.1. The van der Waals surface area contributed by atoms with Gasteiger partial charge < -0.3 is 9.47 Å². The predicted octanol–water partition coefficient (Wildman–Crippen LogP) is 5.24. The largest absolute Gasteiger partial charge is 0.342 e. The Bertz CT molecular complexity index is 578. The number of amides is 1. The van der Waals surface area contributed by atoms with E-state index in [2.05, 4.69) is 41.4 Å². The molecule has 1 aromatic rings. The first kappa shape index (κ1) is 20.4. The van der Waals surface area contributed by atoms with Crippen LogP contribution in [0.1, 0.15) is 90.3 Å². The highest BCUT2D eigenvalue weighted by molar-refractivity contribution is 5.79. The highest BCUT2D eigenvalue weighted by Gasteiger charge is 2.31. The molecule has 2 aliphatic rings. The van der Waals surface area contributed by atoms with Crippen molar-refractivity contribution in [3.05, 3.63) is 18.2 Å². The molecule has 0 atom stereocenters. The minimum Gasteiger partial charge on any atom is -0.342 e. The zero-order valence-electron chi connectivity index (χ0n) is 17.7. The molecule has 1 amide bonds. The first-order chi connectivity index (χ1) is 13.1. The monoisotopic (exact) mass is 373 g/mol. The minimum absolute atomic E-state index is 0.306. The van der Waals surface area contributed by atoms with Gasteiger partial charge in [-0.25, -0.2) is 4.98 Å². The molecule has 2 fully saturated rings. The van der Waals surface area contributed by atoms with Crippen LogP contribution < -0.4 is 0 Å². The topological polar surface area (TPSA) is 38.1 Å². The summed E-state index contributed by atoms with van der Waals surface area (Å²) in [6, 6.07) is 0. The summed E-state index contributed by atoms with van der Waals surface area (Å²) < 4.78 is 2.32. The number of rotatable bonds is 7. The molecule has 0 unspecified atom stereocenters. The Morgan fingerprint density at radius 1 is 1.11 bits per heavy atom. The van der Waals surface area contributed by atoms with E-state index in [1.807, 2.05) is 6.20 Å². The minimum atomic E-state index is 0.306. The fraction of sp³-hybridized carbons (Fsp3) is 0.826. The summed E-state index contributed by atoms with van der Waals surface area (Å²) in [6.45, 7) is 9.64. The number of piperidine rings is 1. The van der Waals surface area contributed by atoms with E-state index in [1.165, 1.54) is 37.9 Å². The maximum Gasteiger partial charge on any atom is 0.225 e. The van der Waals surface area contributed by atoms with Gasteiger partial charge in [0.15, 0.2) is 0 Å². The van der Waals surface area contributed by atoms with E-state index >= 15 is 0 Å². The van der Waals surface area contributed by atoms with Crippen LogP contribution in [-0.2, 0) is 11.3 Å². The van der Waals surface area contributed by atoms with Crippen molar-refractivity contribution in [1.82, 2.24) is 14.5 Å². The van der Waals surface area contributed by atoms with E-state index in [0.29, 0.717) is 23.7 Å². The number of imidazole rings is 1. The third kappa shape index (κ3) is 5.36. The average molecular weight is 374 g/mol. The van der Waals surface area contributed by atoms with Gasteiger partial charge in [-0.05, 0) is 50.4 Å². The highest BCUT2D eigenvalue weighted by Crippen LogP contribution is 2.33. The second-order valence-electron chi connectivity index (χ2n) is 9.22. The van der Waals surface area contributed by atoms with Crippen LogP contribution in [0.5, 0.6) is 0 Å². The molecule has 0 radical (unpaired) electrons. The normalized spacial score (nSPS) is 24.5. The number of carbonyl (C=O) groups is 1. The summed E-state index contributed by atoms with van der Waals surface area (Å²) in [5.41, 5.74) is 0. The van der Waals surface area contributed by atoms with E-state index in [4.69, 9.17) is 0 Å². The van der Waals surface area contributed by atoms with Gasteiger partial charge in [-0.3, -0.25) is 4.79 Å². The zero-order valence-corrected chi connectivity index (χ0v) is 17.7. The van der Waals surface area contributed by atoms with Gasteiger partial charge in [0.25, 0.3) is 0 Å². The molecule has 1 aromatic heterocycles. The number of nitrogens with zero attached hydrogens (tertiary/aromatic N) is 3. The molecule has 1 saturated carbocycles. The molecule has 1 aliphatic carbocycles. The third-order valence-electron chi connectivity index (χ3n) is 6.81. The number of likely N-dealkylation sites (tertiary alicyclic amines) is 1. The standard InChI is InChI=1S/C23H39N3O/c1-4-5-6-19-7-9-21(10-8-19)23(27)25-14-11-20(12-15-25)17-26-16-13-24-22(26)18(2)3/h13,16,18-21H,4-12,14-15,17H2,1-3H3. The Hall–Kier alpha value is -1.32. The number of hydrogen-bond donors (Lipinski definition) is 0. The maximum atomic E-state index is 13.0. The summed E-state index contributed by atoms with van der Waals surface area (Å²) in [5, 5.41) is 0. The van der Waals surface area contributed by atoms with Gasteiger partial charge in [0.2, 0.25) is 5.91 Å². The molecule has 0 N–H and O–H groups in total. The highest BCUT2D eigenvalue weighted by atomic mass is 16.2. The van der Waals surface area contributed by atoms with Crippen molar-refractivity contribution in [2.75, 3.05) is 13.1 Å². The Kier molecular flexibility index (Phi) is 7.37. The van der Waals surface area contributed by atoms with Gasteiger partial charge in [0.05, 0.1) is 0 Å². The second kappa shape index (κ2) is 9.75. The zero-order chi connectivity index (χ0) is 19.2. The molecule has 152 valence electrons. The van der Waals surface area contributed by atoms with Crippen LogP contribution >= 0.6 is 0 Å². The molecule has 4 nitrogen and oxygen atoms in total. The predicted molar refractivity (Wildman–Crippen MR) is 111 cm³/mol. The summed E-state index contributed by atoms with van der Waals surface area (Å²) in [7, 11) is 0. The second-order valence-corrected chi connectivity index (χ2v) is 9.22. The van der Waals surface area contributed by atoms with Crippen LogP contribution in [0.3, 0.4) is 0 Å². The first-order valence-corrected chi connectivity index (χ1v) is 11.4. The van der Waals surface area contributed by atoms with E-state index < -0.39 is 0 Å². The fourth-order valence-electron chi connectivity index (χ4n) is 5.04. The number of carbonyl (C=O) groups excluding carboxylic acids is 1. The Labute approximate surface area is 165 Å². The molecule has 0 aromatic carbocycles. The molecule has 4 heteroatoms. The molecular formula is C23H39N3O. The van der Waals surface area contributed by atoms with E-state index in [0.717, 1.165) is 51.2 Å². The van der Waals surface area contributed by atoms with Crippen molar-refractivity contribution in [3.8, 4) is 0 Å². The van der Waals surface area contributed by atoms with E-state index in [9.17, 15) is 4.79 Å². The summed E-state index contributed by atoms with van der Waals surface area (Å²) in [5.74, 6) is 3.96. The number of unbranched alkanes of at least 4 members (excludes halogenated alkanes) is 1. The van der Waals surface area contributed by atoms with Crippen LogP contribution in [0.4, 0.5) is 0 Å². The van der Waals surface area contributed by atoms with Crippen molar-refractivity contribution in [2.45, 2.75) is 91.0 Å². The lowest BCUT2D eigenvalue weighted by molar-refractivity contribution is -0.138. The number of aromatic nitrogens is 2. The smallest absolute Gasteiger partial charge is 0.225 e. The SMILES string of the molecule is CCCCC1CCC(C(=O)N2CCC(Cn3ccnc3C(C)C)CC2)CC1. The van der Waals surface area contributed by atoms with Crippen LogP contribution in [0, 0.1) is 17.8 Å². The Morgan fingerprint density at radius 2 is 1.81 bits per heavy atom. The number of hydrogen-bond acceptors (Lipinski definition) is 2.